The molecule has 0 amide bonds. The molecule has 1 fully saturated rings. The summed E-state index contributed by atoms with van der Waals surface area (Å²) < 4.78 is 0. The molecule has 2 aliphatic heterocycles. The molecule has 1 saturated heterocycles. The Morgan fingerprint density at radius 3 is 2.83 bits per heavy atom. The summed E-state index contributed by atoms with van der Waals surface area (Å²) in [6, 6.07) is 19.3. The Morgan fingerprint density at radius 2 is 2.03 bits per heavy atom. The minimum absolute atomic E-state index is 0.367. The van der Waals surface area contributed by atoms with Crippen LogP contribution in [0.2, 0.25) is 0 Å². The van der Waals surface area contributed by atoms with Crippen LogP contribution in [0.15, 0.2) is 73.2 Å². The van der Waals surface area contributed by atoms with E-state index in [0.29, 0.717) is 12.0 Å². The molecule has 1 aromatic carbocycles. The zero-order chi connectivity index (χ0) is 20.7. The summed E-state index contributed by atoms with van der Waals surface area (Å²) in [5.74, 6) is 3.08. The second kappa shape index (κ2) is 7.48. The number of benzene rings is 1. The standard InChI is InChI=1S/C25H27N5/c1-17(2)19-7-6-8-20(15-19)22-10-11-23-25(28-22)30(21-12-14-29(23)16-21)18(3)27-24-9-4-5-13-26-24/h4-11,13,15,17,21H,3,12,14,16H2,1-2H3,(H,26,27)/t21-/m0/s1. The van der Waals surface area contributed by atoms with Crippen molar-refractivity contribution in [2.75, 3.05) is 28.2 Å². The van der Waals surface area contributed by atoms with E-state index in [4.69, 9.17) is 4.98 Å². The first-order valence-corrected chi connectivity index (χ1v) is 10.6. The third-order valence-electron chi connectivity index (χ3n) is 6.03. The van der Waals surface area contributed by atoms with Crippen molar-refractivity contribution in [3.05, 3.63) is 78.8 Å². The van der Waals surface area contributed by atoms with Crippen molar-refractivity contribution in [1.82, 2.24) is 9.97 Å². The minimum Gasteiger partial charge on any atom is -0.366 e. The molecular weight excluding hydrogens is 370 g/mol. The highest BCUT2D eigenvalue weighted by atomic mass is 15.4. The van der Waals surface area contributed by atoms with E-state index in [1.165, 1.54) is 11.3 Å². The summed E-state index contributed by atoms with van der Waals surface area (Å²) in [6.07, 6.45) is 2.88. The summed E-state index contributed by atoms with van der Waals surface area (Å²) in [5.41, 5.74) is 4.65. The van der Waals surface area contributed by atoms with Crippen molar-refractivity contribution in [1.29, 1.82) is 0 Å². The Balaban J connectivity index is 1.53. The Labute approximate surface area is 178 Å². The molecule has 5 heteroatoms. The average molecular weight is 398 g/mol. The van der Waals surface area contributed by atoms with Gasteiger partial charge in [-0.3, -0.25) is 0 Å². The average Bonchev–Trinajstić information content (AvgIpc) is 3.18. The van der Waals surface area contributed by atoms with Gasteiger partial charge in [0.1, 0.15) is 11.6 Å². The normalized spacial score (nSPS) is 17.2. The van der Waals surface area contributed by atoms with Crippen LogP contribution in [-0.2, 0) is 0 Å². The summed E-state index contributed by atoms with van der Waals surface area (Å²) in [7, 11) is 0. The zero-order valence-electron chi connectivity index (χ0n) is 17.5. The topological polar surface area (TPSA) is 44.3 Å². The number of aromatic nitrogens is 2. The number of nitrogens with one attached hydrogen (secondary N) is 1. The molecule has 0 spiro atoms. The van der Waals surface area contributed by atoms with Gasteiger partial charge in [0.25, 0.3) is 0 Å². The highest BCUT2D eigenvalue weighted by molar-refractivity contribution is 5.78. The van der Waals surface area contributed by atoms with Gasteiger partial charge in [0.15, 0.2) is 5.82 Å². The van der Waals surface area contributed by atoms with Crippen LogP contribution in [0.25, 0.3) is 11.3 Å². The second-order valence-electron chi connectivity index (χ2n) is 8.36. The molecule has 5 rings (SSSR count). The van der Waals surface area contributed by atoms with Gasteiger partial charge in [-0.1, -0.05) is 44.7 Å². The van der Waals surface area contributed by atoms with Crippen molar-refractivity contribution in [3.63, 3.8) is 0 Å². The highest BCUT2D eigenvalue weighted by Crippen LogP contribution is 2.41. The molecule has 30 heavy (non-hydrogen) atoms. The molecule has 0 aliphatic carbocycles. The Morgan fingerprint density at radius 1 is 1.13 bits per heavy atom. The maximum atomic E-state index is 5.13. The number of nitrogens with zero attached hydrogens (tertiary/aromatic N) is 4. The molecule has 2 bridgehead atoms. The lowest BCUT2D eigenvalue weighted by Crippen LogP contribution is -2.43. The molecular formula is C25H27N5. The molecule has 4 heterocycles. The van der Waals surface area contributed by atoms with Gasteiger partial charge in [0, 0.05) is 24.8 Å². The van der Waals surface area contributed by atoms with Gasteiger partial charge in [0.05, 0.1) is 17.4 Å². The van der Waals surface area contributed by atoms with E-state index < -0.39 is 0 Å². The van der Waals surface area contributed by atoms with Gasteiger partial charge in [-0.05, 0) is 48.2 Å². The molecule has 0 unspecified atom stereocenters. The van der Waals surface area contributed by atoms with E-state index in [2.05, 4.69) is 76.9 Å². The minimum atomic E-state index is 0.367. The SMILES string of the molecule is C=C(Nc1ccccn1)N1c2nc(-c3cccc(C(C)C)c3)ccc2N2CC[C@H]1C2. The van der Waals surface area contributed by atoms with E-state index >= 15 is 0 Å². The molecule has 0 saturated carbocycles. The quantitative estimate of drug-likeness (QED) is 0.637. The van der Waals surface area contributed by atoms with E-state index in [9.17, 15) is 0 Å². The van der Waals surface area contributed by atoms with Crippen molar-refractivity contribution < 1.29 is 0 Å². The Bertz CT molecular complexity index is 1080. The fourth-order valence-electron chi connectivity index (χ4n) is 4.42. The maximum Gasteiger partial charge on any atom is 0.158 e. The number of fused-ring (bicyclic) bond motifs is 4. The first-order chi connectivity index (χ1) is 14.6. The Hall–Kier alpha value is -3.34. The molecule has 2 aliphatic rings. The molecule has 2 aromatic heterocycles. The van der Waals surface area contributed by atoms with E-state index in [0.717, 1.165) is 48.2 Å². The fourth-order valence-corrected chi connectivity index (χ4v) is 4.42. The number of pyridine rings is 2. The number of hydrogen-bond acceptors (Lipinski definition) is 5. The predicted octanol–water partition coefficient (Wildman–Crippen LogP) is 5.25. The molecule has 3 aromatic rings. The van der Waals surface area contributed by atoms with Crippen molar-refractivity contribution in [2.24, 2.45) is 0 Å². The van der Waals surface area contributed by atoms with Crippen molar-refractivity contribution in [2.45, 2.75) is 32.2 Å². The smallest absolute Gasteiger partial charge is 0.158 e. The van der Waals surface area contributed by atoms with E-state index in [1.807, 2.05) is 18.2 Å². The van der Waals surface area contributed by atoms with Crippen molar-refractivity contribution in [3.8, 4) is 11.3 Å². The van der Waals surface area contributed by atoms with Crippen LogP contribution in [0.1, 0.15) is 31.7 Å². The fraction of sp³-hybridized carbons (Fsp3) is 0.280. The summed E-state index contributed by atoms with van der Waals surface area (Å²) in [5, 5.41) is 3.38. The molecule has 0 radical (unpaired) electrons. The van der Waals surface area contributed by atoms with Crippen LogP contribution in [0, 0.1) is 0 Å². The lowest BCUT2D eigenvalue weighted by Gasteiger charge is -2.38. The van der Waals surface area contributed by atoms with Gasteiger partial charge >= 0.3 is 0 Å². The third kappa shape index (κ3) is 3.30. The number of anilines is 3. The molecule has 5 nitrogen and oxygen atoms in total. The van der Waals surface area contributed by atoms with Gasteiger partial charge in [-0.15, -0.1) is 0 Å². The van der Waals surface area contributed by atoms with Crippen LogP contribution in [0.5, 0.6) is 0 Å². The number of rotatable bonds is 5. The van der Waals surface area contributed by atoms with Crippen LogP contribution in [-0.4, -0.2) is 29.1 Å². The van der Waals surface area contributed by atoms with Gasteiger partial charge in [-0.25, -0.2) is 9.97 Å². The molecule has 1 N–H and O–H groups in total. The first kappa shape index (κ1) is 18.7. The van der Waals surface area contributed by atoms with Crippen molar-refractivity contribution >= 4 is 17.3 Å². The van der Waals surface area contributed by atoms with Crippen LogP contribution < -0.4 is 15.1 Å². The van der Waals surface area contributed by atoms with Gasteiger partial charge < -0.3 is 15.1 Å². The molecule has 1 atom stereocenters. The summed E-state index contributed by atoms with van der Waals surface area (Å²) >= 11 is 0. The zero-order valence-corrected chi connectivity index (χ0v) is 17.5. The Kier molecular flexibility index (Phi) is 4.66. The van der Waals surface area contributed by atoms with E-state index in [-0.39, 0.29) is 0 Å². The summed E-state index contributed by atoms with van der Waals surface area (Å²) in [4.78, 5) is 14.2. The first-order valence-electron chi connectivity index (χ1n) is 10.6. The summed E-state index contributed by atoms with van der Waals surface area (Å²) in [6.45, 7) is 10.8. The lowest BCUT2D eigenvalue weighted by molar-refractivity contribution is 0.676. The monoisotopic (exact) mass is 397 g/mol. The maximum absolute atomic E-state index is 5.13. The van der Waals surface area contributed by atoms with E-state index in [1.54, 1.807) is 6.20 Å². The van der Waals surface area contributed by atoms with Crippen LogP contribution in [0.4, 0.5) is 17.3 Å². The third-order valence-corrected chi connectivity index (χ3v) is 6.03. The number of hydrogen-bond donors (Lipinski definition) is 1. The largest absolute Gasteiger partial charge is 0.366 e. The highest BCUT2D eigenvalue weighted by Gasteiger charge is 2.38. The lowest BCUT2D eigenvalue weighted by atomic mass is 9.99. The molecule has 152 valence electrons. The second-order valence-corrected chi connectivity index (χ2v) is 8.36. The van der Waals surface area contributed by atoms with Gasteiger partial charge in [-0.2, -0.15) is 0 Å². The van der Waals surface area contributed by atoms with Crippen LogP contribution in [0.3, 0.4) is 0 Å². The van der Waals surface area contributed by atoms with Gasteiger partial charge in [0.2, 0.25) is 0 Å². The predicted molar refractivity (Wildman–Crippen MR) is 124 cm³/mol. The van der Waals surface area contributed by atoms with Crippen LogP contribution >= 0.6 is 0 Å².